The lowest BCUT2D eigenvalue weighted by molar-refractivity contribution is -0.116. The Labute approximate surface area is 111 Å². The van der Waals surface area contributed by atoms with Crippen molar-refractivity contribution in [2.75, 3.05) is 11.9 Å². The van der Waals surface area contributed by atoms with Crippen LogP contribution in [0.4, 0.5) is 5.69 Å². The molecule has 0 saturated carbocycles. The van der Waals surface area contributed by atoms with E-state index in [4.69, 9.17) is 5.73 Å². The predicted molar refractivity (Wildman–Crippen MR) is 72.8 cm³/mol. The SMILES string of the molecule is CC(CN)CC(=O)Nc1ccc(-n2cccn2)nc1. The molecule has 0 fully saturated rings. The van der Waals surface area contributed by atoms with Gasteiger partial charge in [-0.05, 0) is 30.7 Å². The van der Waals surface area contributed by atoms with Crippen LogP contribution in [-0.2, 0) is 4.79 Å². The third kappa shape index (κ3) is 3.62. The molecule has 6 nitrogen and oxygen atoms in total. The highest BCUT2D eigenvalue weighted by molar-refractivity contribution is 5.90. The van der Waals surface area contributed by atoms with Gasteiger partial charge < -0.3 is 11.1 Å². The number of nitrogens with two attached hydrogens (primary N) is 1. The lowest BCUT2D eigenvalue weighted by Gasteiger charge is -2.09. The van der Waals surface area contributed by atoms with Gasteiger partial charge in [-0.3, -0.25) is 4.79 Å². The minimum atomic E-state index is -0.0495. The molecule has 0 aliphatic heterocycles. The van der Waals surface area contributed by atoms with Crippen LogP contribution in [0.2, 0.25) is 0 Å². The molecule has 2 heterocycles. The number of aromatic nitrogens is 3. The lowest BCUT2D eigenvalue weighted by Crippen LogP contribution is -2.20. The molecule has 100 valence electrons. The zero-order chi connectivity index (χ0) is 13.7. The Balaban J connectivity index is 1.97. The summed E-state index contributed by atoms with van der Waals surface area (Å²) in [5.41, 5.74) is 6.16. The third-order valence-corrected chi connectivity index (χ3v) is 2.71. The number of nitrogens with zero attached hydrogens (tertiary/aromatic N) is 3. The molecule has 2 aromatic heterocycles. The van der Waals surface area contributed by atoms with Gasteiger partial charge in [-0.1, -0.05) is 6.92 Å². The van der Waals surface area contributed by atoms with Gasteiger partial charge in [0.15, 0.2) is 5.82 Å². The van der Waals surface area contributed by atoms with Crippen LogP contribution in [-0.4, -0.2) is 27.2 Å². The molecule has 0 spiro atoms. The van der Waals surface area contributed by atoms with Crippen molar-refractivity contribution in [2.45, 2.75) is 13.3 Å². The van der Waals surface area contributed by atoms with Crippen molar-refractivity contribution < 1.29 is 4.79 Å². The van der Waals surface area contributed by atoms with Gasteiger partial charge in [0.1, 0.15) is 0 Å². The van der Waals surface area contributed by atoms with E-state index >= 15 is 0 Å². The minimum Gasteiger partial charge on any atom is -0.330 e. The number of rotatable bonds is 5. The molecule has 1 unspecified atom stereocenters. The molecular weight excluding hydrogens is 242 g/mol. The van der Waals surface area contributed by atoms with E-state index < -0.39 is 0 Å². The zero-order valence-electron chi connectivity index (χ0n) is 10.8. The monoisotopic (exact) mass is 259 g/mol. The largest absolute Gasteiger partial charge is 0.330 e. The summed E-state index contributed by atoms with van der Waals surface area (Å²) < 4.78 is 1.65. The molecule has 3 N–H and O–H groups in total. The molecule has 0 aliphatic rings. The van der Waals surface area contributed by atoms with E-state index in [1.165, 1.54) is 0 Å². The van der Waals surface area contributed by atoms with E-state index in [9.17, 15) is 4.79 Å². The maximum Gasteiger partial charge on any atom is 0.224 e. The third-order valence-electron chi connectivity index (χ3n) is 2.71. The average molecular weight is 259 g/mol. The molecule has 2 rings (SSSR count). The first kappa shape index (κ1) is 13.2. The summed E-state index contributed by atoms with van der Waals surface area (Å²) in [6.07, 6.45) is 5.52. The van der Waals surface area contributed by atoms with Gasteiger partial charge in [0.2, 0.25) is 5.91 Å². The van der Waals surface area contributed by atoms with Gasteiger partial charge in [0, 0.05) is 18.8 Å². The summed E-state index contributed by atoms with van der Waals surface area (Å²) in [7, 11) is 0. The number of hydrogen-bond acceptors (Lipinski definition) is 4. The first-order chi connectivity index (χ1) is 9.19. The van der Waals surface area contributed by atoms with Crippen LogP contribution < -0.4 is 11.1 Å². The number of carbonyl (C=O) groups excluding carboxylic acids is 1. The Hall–Kier alpha value is -2.21. The summed E-state index contributed by atoms with van der Waals surface area (Å²) in [4.78, 5) is 15.9. The van der Waals surface area contributed by atoms with Crippen LogP contribution >= 0.6 is 0 Å². The highest BCUT2D eigenvalue weighted by Gasteiger charge is 2.08. The smallest absolute Gasteiger partial charge is 0.224 e. The van der Waals surface area contributed by atoms with Crippen molar-refractivity contribution in [1.82, 2.24) is 14.8 Å². The first-order valence-electron chi connectivity index (χ1n) is 6.15. The molecule has 6 heteroatoms. The Morgan fingerprint density at radius 2 is 2.37 bits per heavy atom. The summed E-state index contributed by atoms with van der Waals surface area (Å²) in [5.74, 6) is 0.834. The Morgan fingerprint density at radius 3 is 2.95 bits per heavy atom. The van der Waals surface area contributed by atoms with Gasteiger partial charge in [-0.2, -0.15) is 5.10 Å². The number of hydrogen-bond donors (Lipinski definition) is 2. The second-order valence-corrected chi connectivity index (χ2v) is 4.45. The van der Waals surface area contributed by atoms with Crippen molar-refractivity contribution in [1.29, 1.82) is 0 Å². The predicted octanol–water partition coefficient (Wildman–Crippen LogP) is 1.19. The molecule has 1 amide bonds. The maximum atomic E-state index is 11.7. The van der Waals surface area contributed by atoms with Crippen LogP contribution in [0.1, 0.15) is 13.3 Å². The van der Waals surface area contributed by atoms with E-state index in [2.05, 4.69) is 15.4 Å². The molecule has 1 atom stereocenters. The topological polar surface area (TPSA) is 85.8 Å². The molecule has 0 radical (unpaired) electrons. The Morgan fingerprint density at radius 1 is 1.53 bits per heavy atom. The molecular formula is C13H17N5O. The number of anilines is 1. The molecule has 0 aromatic carbocycles. The van der Waals surface area contributed by atoms with Crippen LogP contribution in [0.25, 0.3) is 5.82 Å². The van der Waals surface area contributed by atoms with Gasteiger partial charge in [-0.15, -0.1) is 0 Å². The van der Waals surface area contributed by atoms with E-state index in [1.807, 2.05) is 19.2 Å². The highest BCUT2D eigenvalue weighted by atomic mass is 16.1. The fraction of sp³-hybridized carbons (Fsp3) is 0.308. The first-order valence-corrected chi connectivity index (χ1v) is 6.15. The fourth-order valence-electron chi connectivity index (χ4n) is 1.61. The van der Waals surface area contributed by atoms with E-state index in [0.29, 0.717) is 24.5 Å². The maximum absolute atomic E-state index is 11.7. The number of nitrogens with one attached hydrogen (secondary N) is 1. The molecule has 19 heavy (non-hydrogen) atoms. The fourth-order valence-corrected chi connectivity index (χ4v) is 1.61. The summed E-state index contributed by atoms with van der Waals surface area (Å²) >= 11 is 0. The molecule has 0 bridgehead atoms. The number of carbonyl (C=O) groups is 1. The van der Waals surface area contributed by atoms with Crippen molar-refractivity contribution in [3.8, 4) is 5.82 Å². The van der Waals surface area contributed by atoms with E-state index in [-0.39, 0.29) is 11.8 Å². The lowest BCUT2D eigenvalue weighted by atomic mass is 10.1. The molecule has 2 aromatic rings. The van der Waals surface area contributed by atoms with Crippen molar-refractivity contribution in [3.63, 3.8) is 0 Å². The van der Waals surface area contributed by atoms with Gasteiger partial charge in [-0.25, -0.2) is 9.67 Å². The average Bonchev–Trinajstić information content (AvgIpc) is 2.93. The molecule has 0 aliphatic carbocycles. The number of amides is 1. The van der Waals surface area contributed by atoms with Crippen molar-refractivity contribution >= 4 is 11.6 Å². The van der Waals surface area contributed by atoms with Crippen molar-refractivity contribution in [3.05, 3.63) is 36.8 Å². The summed E-state index contributed by atoms with van der Waals surface area (Å²) in [6, 6.07) is 5.43. The summed E-state index contributed by atoms with van der Waals surface area (Å²) in [5, 5.41) is 6.87. The minimum absolute atomic E-state index is 0.0495. The van der Waals surface area contributed by atoms with E-state index in [0.717, 1.165) is 0 Å². The van der Waals surface area contributed by atoms with Crippen molar-refractivity contribution in [2.24, 2.45) is 11.7 Å². The second-order valence-electron chi connectivity index (χ2n) is 4.45. The van der Waals surface area contributed by atoms with Crippen LogP contribution in [0.3, 0.4) is 0 Å². The van der Waals surface area contributed by atoms with Crippen LogP contribution in [0, 0.1) is 5.92 Å². The van der Waals surface area contributed by atoms with Crippen LogP contribution in [0.5, 0.6) is 0 Å². The molecule has 0 saturated heterocycles. The Kier molecular flexibility index (Phi) is 4.25. The Bertz CT molecular complexity index is 520. The highest BCUT2D eigenvalue weighted by Crippen LogP contribution is 2.10. The zero-order valence-corrected chi connectivity index (χ0v) is 10.8. The quantitative estimate of drug-likeness (QED) is 0.844. The number of pyridine rings is 1. The summed E-state index contributed by atoms with van der Waals surface area (Å²) in [6.45, 7) is 2.45. The van der Waals surface area contributed by atoms with Crippen LogP contribution in [0.15, 0.2) is 36.8 Å². The van der Waals surface area contributed by atoms with Gasteiger partial charge >= 0.3 is 0 Å². The van der Waals surface area contributed by atoms with Gasteiger partial charge in [0.05, 0.1) is 11.9 Å². The normalized spacial score (nSPS) is 12.1. The van der Waals surface area contributed by atoms with E-state index in [1.54, 1.807) is 29.2 Å². The standard InChI is InChI=1S/C13H17N5O/c1-10(8-14)7-13(19)17-11-3-4-12(15-9-11)18-6-2-5-16-18/h2-6,9-10H,7-8,14H2,1H3,(H,17,19). The van der Waals surface area contributed by atoms with Gasteiger partial charge in [0.25, 0.3) is 0 Å². The second kappa shape index (κ2) is 6.10.